The Morgan fingerprint density at radius 3 is 2.95 bits per heavy atom. The molecule has 5 heteroatoms. The molecule has 2 bridgehead atoms. The third kappa shape index (κ3) is 2.28. The number of aromatic nitrogens is 1. The molecule has 4 rings (SSSR count). The average molecular weight is 303 g/mol. The largest absolute Gasteiger partial charge is 0.359 e. The maximum Gasteiger partial charge on any atom is 0.113 e. The molecular formula is C16H21N3OS. The van der Waals surface area contributed by atoms with E-state index in [4.69, 9.17) is 5.14 Å². The summed E-state index contributed by atoms with van der Waals surface area (Å²) in [6.45, 7) is 0. The summed E-state index contributed by atoms with van der Waals surface area (Å²) in [6, 6.07) is 7.93. The summed E-state index contributed by atoms with van der Waals surface area (Å²) >= 11 is 0. The molecule has 0 amide bonds. The molecular weight excluding hydrogens is 282 g/mol. The second-order valence-electron chi connectivity index (χ2n) is 6.49. The summed E-state index contributed by atoms with van der Waals surface area (Å²) in [4.78, 5) is 3.17. The third-order valence-corrected chi connectivity index (χ3v) is 7.08. The SMILES string of the molecule is NS(=O)(=Nc1c[nH]c2ccccc12)C1CC2CCCC1C2. The van der Waals surface area contributed by atoms with Gasteiger partial charge in [-0.05, 0) is 37.2 Å². The second-order valence-corrected chi connectivity index (χ2v) is 8.51. The second kappa shape index (κ2) is 4.85. The number of aromatic amines is 1. The molecule has 1 aromatic heterocycles. The van der Waals surface area contributed by atoms with Gasteiger partial charge in [0.25, 0.3) is 0 Å². The van der Waals surface area contributed by atoms with Crippen molar-refractivity contribution in [2.45, 2.75) is 37.4 Å². The van der Waals surface area contributed by atoms with E-state index in [9.17, 15) is 4.21 Å². The van der Waals surface area contributed by atoms with Gasteiger partial charge in [0.05, 0.1) is 10.9 Å². The van der Waals surface area contributed by atoms with E-state index in [2.05, 4.69) is 9.35 Å². The summed E-state index contributed by atoms with van der Waals surface area (Å²) in [5.41, 5.74) is 1.75. The van der Waals surface area contributed by atoms with Crippen LogP contribution in [0.1, 0.15) is 32.1 Å². The molecule has 3 N–H and O–H groups in total. The van der Waals surface area contributed by atoms with Crippen molar-refractivity contribution in [3.8, 4) is 0 Å². The van der Waals surface area contributed by atoms with Gasteiger partial charge in [-0.25, -0.2) is 9.35 Å². The lowest BCUT2D eigenvalue weighted by Crippen LogP contribution is -2.31. The first-order chi connectivity index (χ1) is 10.1. The van der Waals surface area contributed by atoms with Crippen LogP contribution in [0.4, 0.5) is 5.69 Å². The van der Waals surface area contributed by atoms with Crippen molar-refractivity contribution >= 4 is 26.5 Å². The van der Waals surface area contributed by atoms with Crippen LogP contribution in [-0.4, -0.2) is 14.4 Å². The number of hydrogen-bond donors (Lipinski definition) is 2. The topological polar surface area (TPSA) is 71.2 Å². The molecule has 0 aliphatic heterocycles. The summed E-state index contributed by atoms with van der Waals surface area (Å²) < 4.78 is 17.5. The predicted octanol–water partition coefficient (Wildman–Crippen LogP) is 3.72. The maximum atomic E-state index is 13.0. The maximum absolute atomic E-state index is 13.0. The summed E-state index contributed by atoms with van der Waals surface area (Å²) in [6.07, 6.45) is 7.70. The zero-order chi connectivity index (χ0) is 14.4. The van der Waals surface area contributed by atoms with Crippen LogP contribution in [0.5, 0.6) is 0 Å². The summed E-state index contributed by atoms with van der Waals surface area (Å²) in [5, 5.41) is 7.27. The molecule has 0 spiro atoms. The molecule has 21 heavy (non-hydrogen) atoms. The number of rotatable bonds is 2. The minimum atomic E-state index is -2.67. The van der Waals surface area contributed by atoms with Crippen molar-refractivity contribution in [1.29, 1.82) is 0 Å². The first kappa shape index (κ1) is 13.3. The van der Waals surface area contributed by atoms with Gasteiger partial charge >= 0.3 is 0 Å². The van der Waals surface area contributed by atoms with Crippen LogP contribution in [0.2, 0.25) is 0 Å². The monoisotopic (exact) mass is 303 g/mol. The van der Waals surface area contributed by atoms with Crippen LogP contribution in [0, 0.1) is 11.8 Å². The molecule has 1 heterocycles. The van der Waals surface area contributed by atoms with Crippen molar-refractivity contribution < 1.29 is 4.21 Å². The molecule has 4 nitrogen and oxygen atoms in total. The zero-order valence-corrected chi connectivity index (χ0v) is 12.8. The highest BCUT2D eigenvalue weighted by atomic mass is 32.2. The van der Waals surface area contributed by atoms with Crippen LogP contribution in [0.25, 0.3) is 10.9 Å². The van der Waals surface area contributed by atoms with Crippen molar-refractivity contribution in [2.24, 2.45) is 21.3 Å². The fraction of sp³-hybridized carbons (Fsp3) is 0.500. The van der Waals surface area contributed by atoms with Crippen molar-refractivity contribution in [3.63, 3.8) is 0 Å². The quantitative estimate of drug-likeness (QED) is 0.872. The summed E-state index contributed by atoms with van der Waals surface area (Å²) in [5.74, 6) is 1.23. The Morgan fingerprint density at radius 1 is 1.24 bits per heavy atom. The zero-order valence-electron chi connectivity index (χ0n) is 12.0. The van der Waals surface area contributed by atoms with Crippen LogP contribution < -0.4 is 5.14 Å². The molecule has 2 fully saturated rings. The van der Waals surface area contributed by atoms with Crippen molar-refractivity contribution in [2.75, 3.05) is 0 Å². The predicted molar refractivity (Wildman–Crippen MR) is 86.6 cm³/mol. The smallest absolute Gasteiger partial charge is 0.113 e. The van der Waals surface area contributed by atoms with Gasteiger partial charge in [-0.2, -0.15) is 4.36 Å². The minimum absolute atomic E-state index is 0.0682. The lowest BCUT2D eigenvalue weighted by Gasteiger charge is -2.21. The standard InChI is InChI=1S/C16H21N3OS/c17-21(20,16-9-11-4-3-5-12(16)8-11)19-15-10-18-14-7-2-1-6-13(14)15/h1-2,6-7,10-12,16,18H,3-5,8-9H2,(H2,17,19,20). The van der Waals surface area contributed by atoms with Gasteiger partial charge in [0, 0.05) is 17.1 Å². The number of benzene rings is 1. The van der Waals surface area contributed by atoms with Gasteiger partial charge in [0.15, 0.2) is 0 Å². The average Bonchev–Trinajstić information content (AvgIpc) is 3.01. The van der Waals surface area contributed by atoms with Gasteiger partial charge in [0.2, 0.25) is 0 Å². The van der Waals surface area contributed by atoms with Crippen LogP contribution >= 0.6 is 0 Å². The lowest BCUT2D eigenvalue weighted by molar-refractivity contribution is 0.360. The molecule has 0 saturated heterocycles. The number of para-hydroxylation sites is 1. The van der Waals surface area contributed by atoms with Gasteiger partial charge in [-0.1, -0.05) is 31.0 Å². The van der Waals surface area contributed by atoms with Crippen molar-refractivity contribution in [1.82, 2.24) is 4.98 Å². The molecule has 4 atom stereocenters. The first-order valence-corrected chi connectivity index (χ1v) is 9.37. The highest BCUT2D eigenvalue weighted by Crippen LogP contribution is 2.45. The number of nitrogens with two attached hydrogens (primary N) is 1. The Balaban J connectivity index is 1.75. The number of H-pyrrole nitrogens is 1. The molecule has 112 valence electrons. The van der Waals surface area contributed by atoms with Gasteiger partial charge < -0.3 is 4.98 Å². The van der Waals surface area contributed by atoms with Crippen LogP contribution in [0.3, 0.4) is 0 Å². The Labute approximate surface area is 125 Å². The fourth-order valence-corrected chi connectivity index (χ4v) is 6.11. The van der Waals surface area contributed by atoms with E-state index >= 15 is 0 Å². The van der Waals surface area contributed by atoms with E-state index in [0.29, 0.717) is 5.92 Å². The van der Waals surface area contributed by atoms with E-state index in [1.165, 1.54) is 25.7 Å². The lowest BCUT2D eigenvalue weighted by atomic mass is 9.89. The van der Waals surface area contributed by atoms with Gasteiger partial charge in [-0.3, -0.25) is 0 Å². The van der Waals surface area contributed by atoms with E-state index in [1.54, 1.807) is 0 Å². The fourth-order valence-electron chi connectivity index (χ4n) is 4.17. The third-order valence-electron chi connectivity index (χ3n) is 5.16. The first-order valence-electron chi connectivity index (χ1n) is 7.73. The van der Waals surface area contributed by atoms with Gasteiger partial charge in [-0.15, -0.1) is 0 Å². The molecule has 2 aliphatic rings. The van der Waals surface area contributed by atoms with Crippen LogP contribution in [0.15, 0.2) is 34.8 Å². The molecule has 2 aromatic rings. The molecule has 4 unspecified atom stereocenters. The Hall–Kier alpha value is -1.33. The Morgan fingerprint density at radius 2 is 2.10 bits per heavy atom. The van der Waals surface area contributed by atoms with E-state index in [0.717, 1.165) is 28.9 Å². The molecule has 0 radical (unpaired) electrons. The number of nitrogens with zero attached hydrogens (tertiary/aromatic N) is 1. The van der Waals surface area contributed by atoms with E-state index in [-0.39, 0.29) is 5.25 Å². The highest BCUT2D eigenvalue weighted by Gasteiger charge is 2.41. The highest BCUT2D eigenvalue weighted by molar-refractivity contribution is 7.92. The Kier molecular flexibility index (Phi) is 3.08. The van der Waals surface area contributed by atoms with Gasteiger partial charge in [0.1, 0.15) is 9.92 Å². The molecule has 2 aliphatic carbocycles. The van der Waals surface area contributed by atoms with E-state index in [1.807, 2.05) is 30.5 Å². The normalized spacial score (nSPS) is 31.2. The number of fused-ring (bicyclic) bond motifs is 3. The van der Waals surface area contributed by atoms with E-state index < -0.39 is 9.92 Å². The molecule has 2 saturated carbocycles. The van der Waals surface area contributed by atoms with Crippen molar-refractivity contribution in [3.05, 3.63) is 30.5 Å². The summed E-state index contributed by atoms with van der Waals surface area (Å²) in [7, 11) is -2.67. The number of nitrogens with one attached hydrogen (secondary N) is 1. The van der Waals surface area contributed by atoms with Crippen LogP contribution in [-0.2, 0) is 9.92 Å². The number of hydrogen-bond acceptors (Lipinski definition) is 2. The molecule has 1 aromatic carbocycles. The Bertz CT molecular complexity index is 788. The minimum Gasteiger partial charge on any atom is -0.359 e.